The van der Waals surface area contributed by atoms with Crippen LogP contribution in [0.25, 0.3) is 16.4 Å². The van der Waals surface area contributed by atoms with Crippen LogP contribution in [0.4, 0.5) is 5.69 Å². The molecule has 86 valence electrons. The second kappa shape index (κ2) is 4.40. The lowest BCUT2D eigenvalue weighted by atomic mass is 10.1. The number of halogens is 2. The van der Waals surface area contributed by atoms with Crippen LogP contribution in [0, 0.1) is 0 Å². The van der Waals surface area contributed by atoms with Crippen LogP contribution < -0.4 is 22.5 Å². The number of aromatic nitrogens is 1. The van der Waals surface area contributed by atoms with Crippen LogP contribution >= 0.6 is 11.6 Å². The zero-order valence-corrected chi connectivity index (χ0v) is 10.4. The molecule has 0 amide bonds. The minimum Gasteiger partial charge on any atom is -1.00 e. The van der Waals surface area contributed by atoms with Gasteiger partial charge in [0.25, 0.3) is 0 Å². The van der Waals surface area contributed by atoms with Crippen molar-refractivity contribution < 1.29 is 16.8 Å². The Bertz CT molecular complexity index is 695. The number of nitrogens with zero attached hydrogens (tertiary/aromatic N) is 1. The fourth-order valence-electron chi connectivity index (χ4n) is 2.02. The van der Waals surface area contributed by atoms with Gasteiger partial charge in [0.15, 0.2) is 6.20 Å². The maximum atomic E-state index is 6.17. The second-order valence-electron chi connectivity index (χ2n) is 3.73. The molecular weight excluding hydrogens is 255 g/mol. The molecule has 3 aromatic rings. The van der Waals surface area contributed by atoms with Gasteiger partial charge in [-0.3, -0.25) is 0 Å². The van der Waals surface area contributed by atoms with Crippen LogP contribution in [0.2, 0.25) is 5.02 Å². The van der Waals surface area contributed by atoms with Gasteiger partial charge in [-0.25, -0.2) is 0 Å². The molecule has 17 heavy (non-hydrogen) atoms. The molecule has 2 nitrogen and oxygen atoms in total. The third kappa shape index (κ3) is 1.79. The predicted octanol–water partition coefficient (Wildman–Crippen LogP) is -0.182. The van der Waals surface area contributed by atoms with Gasteiger partial charge in [-0.05, 0) is 12.1 Å². The summed E-state index contributed by atoms with van der Waals surface area (Å²) in [6, 6.07) is 13.8. The summed E-state index contributed by atoms with van der Waals surface area (Å²) >= 11 is 6.17. The van der Waals surface area contributed by atoms with E-state index in [9.17, 15) is 0 Å². The number of hydrogen-bond donors (Lipinski definition) is 1. The molecule has 0 unspecified atom stereocenters. The number of fused-ring (bicyclic) bond motifs is 3. The van der Waals surface area contributed by atoms with Gasteiger partial charge in [-0.1, -0.05) is 17.7 Å². The quantitative estimate of drug-likeness (QED) is 0.443. The first kappa shape index (κ1) is 12.0. The van der Waals surface area contributed by atoms with Crippen molar-refractivity contribution in [2.24, 2.45) is 0 Å². The number of rotatable bonds is 0. The van der Waals surface area contributed by atoms with E-state index in [2.05, 4.69) is 4.40 Å². The Balaban J connectivity index is 0.00000108. The van der Waals surface area contributed by atoms with Gasteiger partial charge in [0.2, 0.25) is 11.0 Å². The van der Waals surface area contributed by atoms with Gasteiger partial charge < -0.3 is 18.1 Å². The molecule has 0 fully saturated rings. The largest absolute Gasteiger partial charge is 1.00 e. The molecule has 2 heterocycles. The van der Waals surface area contributed by atoms with Gasteiger partial charge in [0, 0.05) is 24.3 Å². The number of nitrogen functional groups attached to an aromatic ring is 1. The standard InChI is InChI=1S/C13H9ClN2.ClH/c14-10-5-3-6-12-13(10)11(15)8-9-4-1-2-7-16(9)12;/h1-8,15H;1H. The molecule has 1 aromatic carbocycles. The molecular formula is C13H10Cl2N2. The molecule has 0 aliphatic carbocycles. The average Bonchev–Trinajstić information content (AvgIpc) is 2.29. The smallest absolute Gasteiger partial charge is 0.222 e. The fraction of sp³-hybridized carbons (Fsp3) is 0. The maximum Gasteiger partial charge on any atom is 0.222 e. The summed E-state index contributed by atoms with van der Waals surface area (Å²) in [6.07, 6.45) is 2.01. The van der Waals surface area contributed by atoms with Crippen LogP contribution in [-0.2, 0) is 0 Å². The maximum absolute atomic E-state index is 6.17. The SMILES string of the molecule is Nc1cc2cccc[n+]2c2cccc(Cl)c12.[Cl-]. The van der Waals surface area contributed by atoms with Gasteiger partial charge in [0.05, 0.1) is 16.1 Å². The fourth-order valence-corrected chi connectivity index (χ4v) is 2.30. The van der Waals surface area contributed by atoms with Crippen molar-refractivity contribution >= 4 is 33.7 Å². The van der Waals surface area contributed by atoms with Crippen molar-refractivity contribution in [3.8, 4) is 0 Å². The highest BCUT2D eigenvalue weighted by atomic mass is 35.5. The van der Waals surface area contributed by atoms with Crippen molar-refractivity contribution in [2.45, 2.75) is 0 Å². The lowest BCUT2D eigenvalue weighted by Crippen LogP contribution is -3.00. The topological polar surface area (TPSA) is 30.1 Å². The van der Waals surface area contributed by atoms with E-state index in [1.54, 1.807) is 0 Å². The van der Waals surface area contributed by atoms with Gasteiger partial charge in [-0.2, -0.15) is 4.40 Å². The van der Waals surface area contributed by atoms with Crippen LogP contribution in [0.1, 0.15) is 0 Å². The molecule has 0 bridgehead atoms. The van der Waals surface area contributed by atoms with Crippen LogP contribution in [0.5, 0.6) is 0 Å². The molecule has 0 aliphatic rings. The number of hydrogen-bond acceptors (Lipinski definition) is 1. The normalized spacial score (nSPS) is 10.4. The summed E-state index contributed by atoms with van der Waals surface area (Å²) in [6.45, 7) is 0. The molecule has 0 atom stereocenters. The predicted molar refractivity (Wildman–Crippen MR) is 66.5 cm³/mol. The van der Waals surface area contributed by atoms with E-state index >= 15 is 0 Å². The Morgan fingerprint density at radius 3 is 2.71 bits per heavy atom. The molecule has 4 heteroatoms. The van der Waals surface area contributed by atoms with Crippen molar-refractivity contribution in [1.29, 1.82) is 0 Å². The van der Waals surface area contributed by atoms with Crippen LogP contribution in [0.15, 0.2) is 48.7 Å². The van der Waals surface area contributed by atoms with E-state index in [1.165, 1.54) is 0 Å². The Morgan fingerprint density at radius 1 is 1.06 bits per heavy atom. The highest BCUT2D eigenvalue weighted by Crippen LogP contribution is 2.27. The Kier molecular flexibility index (Phi) is 3.09. The molecule has 2 N–H and O–H groups in total. The van der Waals surface area contributed by atoms with Crippen molar-refractivity contribution in [3.63, 3.8) is 0 Å². The Labute approximate surface area is 110 Å². The minimum absolute atomic E-state index is 0. The zero-order valence-electron chi connectivity index (χ0n) is 8.90. The lowest BCUT2D eigenvalue weighted by Gasteiger charge is -2.02. The van der Waals surface area contributed by atoms with Crippen molar-refractivity contribution in [2.75, 3.05) is 5.73 Å². The molecule has 0 saturated heterocycles. The highest BCUT2D eigenvalue weighted by molar-refractivity contribution is 6.36. The summed E-state index contributed by atoms with van der Waals surface area (Å²) in [5.41, 5.74) is 8.84. The molecule has 0 radical (unpaired) electrons. The van der Waals surface area contributed by atoms with Crippen LogP contribution in [-0.4, -0.2) is 0 Å². The Morgan fingerprint density at radius 2 is 1.88 bits per heavy atom. The third-order valence-corrected chi connectivity index (χ3v) is 3.05. The summed E-state index contributed by atoms with van der Waals surface area (Å²) in [7, 11) is 0. The molecule has 2 aromatic heterocycles. The zero-order chi connectivity index (χ0) is 11.1. The lowest BCUT2D eigenvalue weighted by molar-refractivity contribution is -0.481. The second-order valence-corrected chi connectivity index (χ2v) is 4.14. The van der Waals surface area contributed by atoms with E-state index in [-0.39, 0.29) is 12.4 Å². The number of anilines is 1. The first-order chi connectivity index (χ1) is 7.77. The van der Waals surface area contributed by atoms with Gasteiger partial charge >= 0.3 is 0 Å². The number of pyridine rings is 2. The minimum atomic E-state index is 0. The van der Waals surface area contributed by atoms with E-state index in [4.69, 9.17) is 17.3 Å². The van der Waals surface area contributed by atoms with E-state index in [0.29, 0.717) is 10.7 Å². The highest BCUT2D eigenvalue weighted by Gasteiger charge is 2.13. The number of benzene rings is 1. The summed E-state index contributed by atoms with van der Waals surface area (Å²) < 4.78 is 2.08. The van der Waals surface area contributed by atoms with E-state index in [1.807, 2.05) is 48.7 Å². The van der Waals surface area contributed by atoms with Crippen molar-refractivity contribution in [3.05, 3.63) is 53.7 Å². The average molecular weight is 265 g/mol. The van der Waals surface area contributed by atoms with E-state index < -0.39 is 0 Å². The van der Waals surface area contributed by atoms with E-state index in [0.717, 1.165) is 16.4 Å². The van der Waals surface area contributed by atoms with Crippen LogP contribution in [0.3, 0.4) is 0 Å². The first-order valence-electron chi connectivity index (χ1n) is 5.04. The van der Waals surface area contributed by atoms with Crippen molar-refractivity contribution in [1.82, 2.24) is 0 Å². The molecule has 0 saturated carbocycles. The summed E-state index contributed by atoms with van der Waals surface area (Å²) in [5.74, 6) is 0. The molecule has 0 spiro atoms. The third-order valence-electron chi connectivity index (χ3n) is 2.73. The van der Waals surface area contributed by atoms with Gasteiger partial charge in [-0.15, -0.1) is 0 Å². The Hall–Kier alpha value is -1.51. The molecule has 0 aliphatic heterocycles. The summed E-state index contributed by atoms with van der Waals surface area (Å²) in [4.78, 5) is 0. The summed E-state index contributed by atoms with van der Waals surface area (Å²) in [5, 5.41) is 1.60. The monoisotopic (exact) mass is 264 g/mol. The molecule has 3 rings (SSSR count). The van der Waals surface area contributed by atoms with Gasteiger partial charge in [0.1, 0.15) is 0 Å². The number of nitrogens with two attached hydrogens (primary N) is 1. The first-order valence-corrected chi connectivity index (χ1v) is 5.42.